The lowest BCUT2D eigenvalue weighted by Crippen LogP contribution is -2.35. The predicted octanol–water partition coefficient (Wildman–Crippen LogP) is 0.905. The molecule has 1 aromatic heterocycles. The number of aryl methyl sites for hydroxylation is 2. The van der Waals surface area contributed by atoms with E-state index in [2.05, 4.69) is 20.6 Å². The van der Waals surface area contributed by atoms with E-state index >= 15 is 0 Å². The highest BCUT2D eigenvalue weighted by molar-refractivity contribution is 7.99. The van der Waals surface area contributed by atoms with Gasteiger partial charge in [-0.1, -0.05) is 0 Å². The summed E-state index contributed by atoms with van der Waals surface area (Å²) in [4.78, 5) is 7.93. The van der Waals surface area contributed by atoms with Crippen LogP contribution in [0, 0.1) is 18.4 Å². The number of aliphatic imine (C=N–C) groups is 1. The van der Waals surface area contributed by atoms with Gasteiger partial charge in [-0.25, -0.2) is 4.98 Å². The Hall–Kier alpha value is -1.68. The first-order valence-electron chi connectivity index (χ1n) is 5.60. The van der Waals surface area contributed by atoms with E-state index in [1.54, 1.807) is 7.05 Å². The molecule has 2 N–H and O–H groups in total. The molecule has 0 fully saturated rings. The second-order valence-electron chi connectivity index (χ2n) is 3.46. The Labute approximate surface area is 111 Å². The van der Waals surface area contributed by atoms with E-state index in [-0.39, 0.29) is 0 Å². The molecule has 98 valence electrons. The molecule has 1 heterocycles. The van der Waals surface area contributed by atoms with Crippen LogP contribution in [0.2, 0.25) is 0 Å². The summed E-state index contributed by atoms with van der Waals surface area (Å²) in [7, 11) is 1.63. The van der Waals surface area contributed by atoms with Gasteiger partial charge in [0, 0.05) is 31.5 Å². The normalized spacial score (nSPS) is 11.1. The van der Waals surface area contributed by atoms with Gasteiger partial charge in [0.15, 0.2) is 12.6 Å². The summed E-state index contributed by atoms with van der Waals surface area (Å²) in [5.74, 6) is 3.39. The summed E-state index contributed by atoms with van der Waals surface area (Å²) >= 11 is 1.81. The Morgan fingerprint density at radius 1 is 1.61 bits per heavy atom. The van der Waals surface area contributed by atoms with Crippen molar-refractivity contribution in [3.63, 3.8) is 0 Å². The third-order valence-corrected chi connectivity index (χ3v) is 3.24. The van der Waals surface area contributed by atoms with Crippen molar-refractivity contribution in [2.75, 3.05) is 25.1 Å². The van der Waals surface area contributed by atoms with Crippen molar-refractivity contribution in [3.05, 3.63) is 17.8 Å². The van der Waals surface area contributed by atoms with Crippen LogP contribution in [0.1, 0.15) is 11.5 Å². The molecule has 6 nitrogen and oxygen atoms in total. The molecule has 0 spiro atoms. The molecule has 0 atom stereocenters. The van der Waals surface area contributed by atoms with Crippen LogP contribution < -0.4 is 10.6 Å². The number of oxazole rings is 1. The summed E-state index contributed by atoms with van der Waals surface area (Å²) in [5, 5.41) is 13.9. The number of nitrogens with zero attached hydrogens (tertiary/aromatic N) is 3. The summed E-state index contributed by atoms with van der Waals surface area (Å²) in [6.07, 6.45) is 4.20. The van der Waals surface area contributed by atoms with Crippen LogP contribution in [0.3, 0.4) is 0 Å². The van der Waals surface area contributed by atoms with Crippen molar-refractivity contribution in [2.24, 2.45) is 4.99 Å². The minimum atomic E-state index is 0.504. The van der Waals surface area contributed by atoms with Crippen molar-refractivity contribution < 1.29 is 4.42 Å². The number of nitriles is 1. The third kappa shape index (κ3) is 5.10. The first-order valence-corrected chi connectivity index (χ1v) is 6.76. The molecule has 7 heteroatoms. The van der Waals surface area contributed by atoms with Crippen LogP contribution in [0.15, 0.2) is 15.8 Å². The molecule has 0 bridgehead atoms. The van der Waals surface area contributed by atoms with Crippen LogP contribution in [0.5, 0.6) is 0 Å². The number of hydrogen-bond donors (Lipinski definition) is 2. The van der Waals surface area contributed by atoms with Gasteiger partial charge in [0.1, 0.15) is 5.76 Å². The Morgan fingerprint density at radius 2 is 2.44 bits per heavy atom. The van der Waals surface area contributed by atoms with Crippen molar-refractivity contribution in [3.8, 4) is 6.19 Å². The lowest BCUT2D eigenvalue weighted by molar-refractivity contribution is 0.509. The lowest BCUT2D eigenvalue weighted by atomic mass is 10.3. The number of aromatic nitrogens is 1. The van der Waals surface area contributed by atoms with Crippen molar-refractivity contribution in [2.45, 2.75) is 13.3 Å². The summed E-state index contributed by atoms with van der Waals surface area (Å²) in [6.45, 7) is 2.71. The molecule has 0 saturated heterocycles. The molecule has 0 radical (unpaired) electrons. The fourth-order valence-electron chi connectivity index (χ4n) is 1.31. The molecular formula is C11H17N5OS. The molecule has 1 aromatic rings. The first kappa shape index (κ1) is 14.4. The minimum absolute atomic E-state index is 0.504. The highest BCUT2D eigenvalue weighted by Gasteiger charge is 2.02. The van der Waals surface area contributed by atoms with Gasteiger partial charge in [0.05, 0.1) is 5.69 Å². The molecule has 0 unspecified atom stereocenters. The lowest BCUT2D eigenvalue weighted by Gasteiger charge is -2.06. The average Bonchev–Trinajstić information content (AvgIpc) is 2.78. The summed E-state index contributed by atoms with van der Waals surface area (Å²) in [5.41, 5.74) is 0.965. The van der Waals surface area contributed by atoms with Gasteiger partial charge in [0.25, 0.3) is 0 Å². The van der Waals surface area contributed by atoms with Gasteiger partial charge in [-0.15, -0.1) is 0 Å². The van der Waals surface area contributed by atoms with E-state index in [1.807, 2.05) is 24.9 Å². The third-order valence-electron chi connectivity index (χ3n) is 2.26. The van der Waals surface area contributed by atoms with Gasteiger partial charge in [-0.05, 0) is 6.92 Å². The highest BCUT2D eigenvalue weighted by atomic mass is 32.2. The van der Waals surface area contributed by atoms with Crippen molar-refractivity contribution >= 4 is 17.7 Å². The van der Waals surface area contributed by atoms with Gasteiger partial charge in [-0.3, -0.25) is 10.3 Å². The zero-order valence-corrected chi connectivity index (χ0v) is 11.4. The quantitative estimate of drug-likeness (QED) is 0.262. The Bertz CT molecular complexity index is 423. The van der Waals surface area contributed by atoms with E-state index in [0.717, 1.165) is 35.9 Å². The maximum absolute atomic E-state index is 8.44. The molecule has 0 amide bonds. The van der Waals surface area contributed by atoms with E-state index in [9.17, 15) is 0 Å². The SMILES string of the molecule is CN=C(NC#N)NCCSCCc1ocnc1C. The van der Waals surface area contributed by atoms with Crippen molar-refractivity contribution in [1.29, 1.82) is 5.26 Å². The van der Waals surface area contributed by atoms with Crippen molar-refractivity contribution in [1.82, 2.24) is 15.6 Å². The molecular weight excluding hydrogens is 250 g/mol. The minimum Gasteiger partial charge on any atom is -0.448 e. The maximum atomic E-state index is 8.44. The number of thioether (sulfide) groups is 1. The molecule has 0 aliphatic heterocycles. The van der Waals surface area contributed by atoms with Crippen LogP contribution in [0.4, 0.5) is 0 Å². The molecule has 18 heavy (non-hydrogen) atoms. The van der Waals surface area contributed by atoms with Gasteiger partial charge < -0.3 is 9.73 Å². The van der Waals surface area contributed by atoms with E-state index in [4.69, 9.17) is 9.68 Å². The van der Waals surface area contributed by atoms with Crippen LogP contribution in [-0.2, 0) is 6.42 Å². The smallest absolute Gasteiger partial charge is 0.204 e. The number of nitrogens with one attached hydrogen (secondary N) is 2. The molecule has 1 rings (SSSR count). The van der Waals surface area contributed by atoms with E-state index in [0.29, 0.717) is 5.96 Å². The number of guanidine groups is 1. The Kier molecular flexibility index (Phi) is 6.72. The highest BCUT2D eigenvalue weighted by Crippen LogP contribution is 2.09. The number of rotatable bonds is 6. The second kappa shape index (κ2) is 8.42. The zero-order valence-electron chi connectivity index (χ0n) is 10.6. The predicted molar refractivity (Wildman–Crippen MR) is 72.4 cm³/mol. The zero-order chi connectivity index (χ0) is 13.2. The first-order chi connectivity index (χ1) is 8.77. The molecule has 0 aliphatic rings. The molecule has 0 aliphatic carbocycles. The Balaban J connectivity index is 2.06. The summed E-state index contributed by atoms with van der Waals surface area (Å²) in [6, 6.07) is 0. The fraction of sp³-hybridized carbons (Fsp3) is 0.545. The number of hydrogen-bond acceptors (Lipinski definition) is 5. The summed E-state index contributed by atoms with van der Waals surface area (Å²) < 4.78 is 5.25. The largest absolute Gasteiger partial charge is 0.448 e. The van der Waals surface area contributed by atoms with Gasteiger partial charge in [-0.2, -0.15) is 17.0 Å². The monoisotopic (exact) mass is 267 g/mol. The van der Waals surface area contributed by atoms with Crippen LogP contribution in [-0.4, -0.2) is 36.0 Å². The topological polar surface area (TPSA) is 86.2 Å². The molecule has 0 saturated carbocycles. The maximum Gasteiger partial charge on any atom is 0.204 e. The average molecular weight is 267 g/mol. The van der Waals surface area contributed by atoms with E-state index < -0.39 is 0 Å². The van der Waals surface area contributed by atoms with Gasteiger partial charge >= 0.3 is 0 Å². The fourth-order valence-corrected chi connectivity index (χ4v) is 2.09. The van der Waals surface area contributed by atoms with Crippen LogP contribution >= 0.6 is 11.8 Å². The Morgan fingerprint density at radius 3 is 3.06 bits per heavy atom. The van der Waals surface area contributed by atoms with Crippen LogP contribution in [0.25, 0.3) is 0 Å². The van der Waals surface area contributed by atoms with E-state index in [1.165, 1.54) is 6.39 Å². The standard InChI is InChI=1S/C11H17N5OS/c1-9-10(17-8-16-9)3-5-18-6-4-14-11(13-2)15-7-12/h8H,3-6H2,1-2H3,(H2,13,14,15). The second-order valence-corrected chi connectivity index (χ2v) is 4.68. The van der Waals surface area contributed by atoms with Gasteiger partial charge in [0.2, 0.25) is 5.96 Å². The molecule has 0 aromatic carbocycles.